The summed E-state index contributed by atoms with van der Waals surface area (Å²) in [6.45, 7) is 2.04. The van der Waals surface area contributed by atoms with E-state index in [9.17, 15) is 15.3 Å². The molecular weight excluding hydrogens is 692 g/mol. The van der Waals surface area contributed by atoms with E-state index in [1.807, 2.05) is 79.7 Å². The van der Waals surface area contributed by atoms with Crippen molar-refractivity contribution in [2.45, 2.75) is 6.92 Å². The molecule has 8 rings (SSSR count). The van der Waals surface area contributed by atoms with E-state index in [4.69, 9.17) is 15.0 Å². The van der Waals surface area contributed by atoms with Gasteiger partial charge in [0.15, 0.2) is 23.2 Å². The highest BCUT2D eigenvalue weighted by atomic mass is 16.3. The second kappa shape index (κ2) is 15.2. The number of aromatic hydroxyl groups is 3. The second-order valence-electron chi connectivity index (χ2n) is 13.6. The molecule has 1 heterocycles. The lowest BCUT2D eigenvalue weighted by molar-refractivity contribution is 0.401. The highest BCUT2D eigenvalue weighted by Gasteiger charge is 2.23. The number of hydrogen-bond acceptors (Lipinski definition) is 4. The number of aromatic nitrogens is 1. The number of aliphatic imine (C=N–C) groups is 3. The number of aryl methyl sites for hydroxylation is 1. The summed E-state index contributed by atoms with van der Waals surface area (Å²) in [6, 6.07) is 50.5. The molecule has 10 heteroatoms. The molecule has 0 aliphatic heterocycles. The topological polar surface area (TPSA) is 115 Å². The van der Waals surface area contributed by atoms with E-state index in [1.165, 1.54) is 14.2 Å². The zero-order valence-electron chi connectivity index (χ0n) is 31.1. The van der Waals surface area contributed by atoms with E-state index in [0.717, 1.165) is 49.9 Å². The van der Waals surface area contributed by atoms with Gasteiger partial charge in [0.25, 0.3) is 0 Å². The normalized spacial score (nSPS) is 12.2. The first kappa shape index (κ1) is 35.7. The number of rotatable bonds is 7. The summed E-state index contributed by atoms with van der Waals surface area (Å²) in [5, 5.41) is 38.7. The highest BCUT2D eigenvalue weighted by molar-refractivity contribution is 6.46. The Morgan fingerprint density at radius 1 is 0.607 bits per heavy atom. The van der Waals surface area contributed by atoms with E-state index in [-0.39, 0.29) is 22.6 Å². The molecule has 0 unspecified atom stereocenters. The smallest absolute Gasteiger partial charge is 0.167 e. The van der Waals surface area contributed by atoms with Crippen LogP contribution in [0.2, 0.25) is 0 Å². The summed E-state index contributed by atoms with van der Waals surface area (Å²) < 4.78 is 2.30. The molecular formula is C46H37B2N5O3. The van der Waals surface area contributed by atoms with Crippen molar-refractivity contribution in [3.63, 3.8) is 0 Å². The molecule has 0 spiro atoms. The Balaban J connectivity index is 1.24. The van der Waals surface area contributed by atoms with E-state index in [2.05, 4.69) is 88.7 Å². The molecule has 7 aromatic carbocycles. The van der Waals surface area contributed by atoms with Crippen molar-refractivity contribution >= 4 is 77.8 Å². The summed E-state index contributed by atoms with van der Waals surface area (Å²) >= 11 is 0. The Hall–Kier alpha value is -7.32. The number of phenolic OH excluding ortho intramolecular Hbond substituents is 3. The van der Waals surface area contributed by atoms with Crippen molar-refractivity contribution in [1.82, 2.24) is 4.57 Å². The summed E-state index contributed by atoms with van der Waals surface area (Å²) in [7, 11) is 3.18. The van der Waals surface area contributed by atoms with Crippen LogP contribution in [-0.4, -0.2) is 53.6 Å². The molecule has 0 saturated carbocycles. The van der Waals surface area contributed by atoms with E-state index in [0.29, 0.717) is 22.5 Å². The molecule has 0 bridgehead atoms. The molecule has 0 amide bonds. The first-order chi connectivity index (χ1) is 27.3. The van der Waals surface area contributed by atoms with Crippen LogP contribution in [0, 0.1) is 6.92 Å². The molecule has 8 nitrogen and oxygen atoms in total. The van der Waals surface area contributed by atoms with Gasteiger partial charge in [-0.1, -0.05) is 109 Å². The van der Waals surface area contributed by atoms with Gasteiger partial charge in [-0.05, 0) is 77.0 Å². The number of amidine groups is 2. The van der Waals surface area contributed by atoms with Crippen molar-refractivity contribution < 1.29 is 15.3 Å². The molecule has 0 radical (unpaired) electrons. The van der Waals surface area contributed by atoms with Crippen molar-refractivity contribution in [1.29, 1.82) is 0 Å². The fourth-order valence-electron chi connectivity index (χ4n) is 7.05. The molecule has 0 saturated heterocycles. The quantitative estimate of drug-likeness (QED) is 0.0463. The summed E-state index contributed by atoms with van der Waals surface area (Å²) in [5.41, 5.74) is 9.22. The third kappa shape index (κ3) is 6.80. The predicted octanol–water partition coefficient (Wildman–Crippen LogP) is 7.06. The Morgan fingerprint density at radius 3 is 2.02 bits per heavy atom. The number of anilines is 1. The molecule has 8 aromatic rings. The number of para-hydroxylation sites is 2. The molecule has 0 atom stereocenters. The van der Waals surface area contributed by atoms with Gasteiger partial charge < -0.3 is 25.2 Å². The Bertz CT molecular complexity index is 2810. The number of benzene rings is 7. The van der Waals surface area contributed by atoms with Gasteiger partial charge in [0.05, 0.1) is 28.6 Å². The molecule has 56 heavy (non-hydrogen) atoms. The van der Waals surface area contributed by atoms with Crippen molar-refractivity contribution in [3.8, 4) is 34.1 Å². The zero-order valence-corrected chi connectivity index (χ0v) is 31.1. The average molecular weight is 729 g/mol. The van der Waals surface area contributed by atoms with Crippen molar-refractivity contribution in [2.75, 3.05) is 5.32 Å². The molecule has 1 aromatic heterocycles. The maximum Gasteiger partial charge on any atom is 0.167 e. The van der Waals surface area contributed by atoms with Crippen LogP contribution in [0.4, 0.5) is 11.4 Å². The average Bonchev–Trinajstić information content (AvgIpc) is 3.55. The Labute approximate surface area is 326 Å². The minimum atomic E-state index is -0.452. The van der Waals surface area contributed by atoms with Gasteiger partial charge in [0.2, 0.25) is 0 Å². The minimum Gasteiger partial charge on any atom is -0.509 e. The van der Waals surface area contributed by atoms with E-state index in [1.54, 1.807) is 7.85 Å². The molecule has 270 valence electrons. The van der Waals surface area contributed by atoms with Gasteiger partial charge in [-0.2, -0.15) is 0 Å². The van der Waals surface area contributed by atoms with Gasteiger partial charge in [-0.3, -0.25) is 0 Å². The van der Waals surface area contributed by atoms with E-state index >= 15 is 0 Å². The monoisotopic (exact) mass is 729 g/mol. The van der Waals surface area contributed by atoms with Gasteiger partial charge >= 0.3 is 0 Å². The van der Waals surface area contributed by atoms with E-state index < -0.39 is 11.5 Å². The largest absolute Gasteiger partial charge is 0.509 e. The van der Waals surface area contributed by atoms with Crippen LogP contribution in [0.5, 0.6) is 17.2 Å². The summed E-state index contributed by atoms with van der Waals surface area (Å²) in [4.78, 5) is 14.5. The molecule has 0 fully saturated rings. The van der Waals surface area contributed by atoms with Gasteiger partial charge in [0, 0.05) is 27.7 Å². The maximum absolute atomic E-state index is 11.3. The lowest BCUT2D eigenvalue weighted by atomic mass is 9.80. The first-order valence-electron chi connectivity index (χ1n) is 18.3. The lowest BCUT2D eigenvalue weighted by Crippen LogP contribution is -2.24. The van der Waals surface area contributed by atoms with Crippen LogP contribution in [0.3, 0.4) is 0 Å². The summed E-state index contributed by atoms with van der Waals surface area (Å²) in [5.74, 6) is -0.705. The molecule has 0 aliphatic carbocycles. The van der Waals surface area contributed by atoms with Crippen molar-refractivity contribution in [3.05, 3.63) is 168 Å². The van der Waals surface area contributed by atoms with Crippen LogP contribution < -0.4 is 16.2 Å². The van der Waals surface area contributed by atoms with Crippen LogP contribution >= 0.6 is 0 Å². The number of nitrogens with one attached hydrogen (secondary N) is 1. The molecule has 0 aliphatic rings. The zero-order chi connectivity index (χ0) is 38.8. The van der Waals surface area contributed by atoms with Gasteiger partial charge in [-0.25, -0.2) is 15.0 Å². The summed E-state index contributed by atoms with van der Waals surface area (Å²) in [6.07, 6.45) is 1.51. The maximum atomic E-state index is 11.3. The Morgan fingerprint density at radius 2 is 1.27 bits per heavy atom. The van der Waals surface area contributed by atoms with Gasteiger partial charge in [0.1, 0.15) is 21.4 Å². The van der Waals surface area contributed by atoms with Crippen LogP contribution in [0.25, 0.3) is 38.6 Å². The number of nitrogens with zero attached hydrogens (tertiary/aromatic N) is 4. The Kier molecular flexibility index (Phi) is 9.69. The highest BCUT2D eigenvalue weighted by Crippen LogP contribution is 2.36. The number of fused-ring (bicyclic) bond motifs is 3. The SMILES string of the molecule is Bc1c(O)c(B)c(C(=N/C(=N\c2ccccc2)c2ccccc2)/N=C/Nc2cc3c4ccccc4n(-c4cccc(-c5ccccc5)c4)c3cc2C)c(O)c1O. The second-order valence-corrected chi connectivity index (χ2v) is 13.6. The van der Waals surface area contributed by atoms with Crippen molar-refractivity contribution in [2.24, 2.45) is 15.0 Å². The standard InChI is InChI=1S/C46H37B2N5O3/c1-28-24-38-35(34-22-11-12-23-37(34)53(38)33-21-13-18-31(25-33)29-14-5-2-6-15-29)26-36(28)49-27-50-46(39-40(47)43(55)41(48)44(56)42(39)54)52-45(30-16-7-3-8-17-30)51-32-19-9-4-10-20-32/h2-27,54-56H,47-48H2,1H3,(H,49,50,51,52). The number of phenols is 3. The fourth-order valence-corrected chi connectivity index (χ4v) is 7.05. The first-order valence-corrected chi connectivity index (χ1v) is 18.3. The minimum absolute atomic E-state index is 0.0327. The lowest BCUT2D eigenvalue weighted by Gasteiger charge is -2.15. The van der Waals surface area contributed by atoms with Gasteiger partial charge in [-0.15, -0.1) is 0 Å². The van der Waals surface area contributed by atoms with Crippen LogP contribution in [-0.2, 0) is 0 Å². The third-order valence-corrected chi connectivity index (χ3v) is 10.00. The van der Waals surface area contributed by atoms with Crippen LogP contribution in [0.15, 0.2) is 167 Å². The number of hydrogen-bond donors (Lipinski definition) is 4. The molecule has 4 N–H and O–H groups in total. The predicted molar refractivity (Wildman–Crippen MR) is 236 cm³/mol. The third-order valence-electron chi connectivity index (χ3n) is 10.00. The van der Waals surface area contributed by atoms with Crippen LogP contribution in [0.1, 0.15) is 16.7 Å². The fraction of sp³-hybridized carbons (Fsp3) is 0.0217.